The maximum Gasteiger partial charge on any atom is 0.0390 e. The largest absolute Gasteiger partial charge is 0.357 e. The van der Waals surface area contributed by atoms with Crippen LogP contribution in [0.1, 0.15) is 182 Å². The summed E-state index contributed by atoms with van der Waals surface area (Å²) in [6.45, 7) is 32.0. The molecule has 0 N–H and O–H groups in total. The Morgan fingerprint density at radius 2 is 1.01 bits per heavy atom. The van der Waals surface area contributed by atoms with Crippen LogP contribution in [-0.2, 0) is 33.5 Å². The van der Waals surface area contributed by atoms with Crippen LogP contribution in [0.25, 0.3) is 0 Å². The van der Waals surface area contributed by atoms with Crippen LogP contribution >= 0.6 is 10.5 Å². The summed E-state index contributed by atoms with van der Waals surface area (Å²) in [5, 5.41) is 0. The van der Waals surface area contributed by atoms with Crippen molar-refractivity contribution in [2.75, 3.05) is 86.6 Å². The van der Waals surface area contributed by atoms with Gasteiger partial charge in [-0.2, -0.15) is 10.5 Å². The molecule has 7 atom stereocenters. The number of benzene rings is 1. The number of hydrogen-bond donors (Lipinski definition) is 0. The second-order valence-electron chi connectivity index (χ2n) is 23.6. The van der Waals surface area contributed by atoms with E-state index in [9.17, 15) is 0 Å². The summed E-state index contributed by atoms with van der Waals surface area (Å²) in [5.74, 6) is 8.52. The lowest BCUT2D eigenvalue weighted by atomic mass is 9.96. The molecular weight excluding hydrogens is 925 g/mol. The van der Waals surface area contributed by atoms with Crippen molar-refractivity contribution < 1.29 is 0 Å². The van der Waals surface area contributed by atoms with Gasteiger partial charge in [-0.05, 0) is 221 Å². The third kappa shape index (κ3) is 31.2. The second-order valence-corrected chi connectivity index (χ2v) is 25.4. The minimum absolute atomic E-state index is 0.443. The molecule has 0 amide bonds. The van der Waals surface area contributed by atoms with E-state index in [0.717, 1.165) is 49.0 Å². The van der Waals surface area contributed by atoms with Crippen LogP contribution in [0.2, 0.25) is 0 Å². The van der Waals surface area contributed by atoms with Crippen molar-refractivity contribution >= 4 is 16.4 Å². The first-order valence-corrected chi connectivity index (χ1v) is 31.9. The normalized spacial score (nSPS) is 26.3. The monoisotopic (exact) mass is 1050 g/mol. The Labute approximate surface area is 464 Å². The minimum Gasteiger partial charge on any atom is -0.357 e. The SMILES string of the molecule is C=S1CC(C)N(C)C1.CC.CC1CCCC1.CC1CCCCN1C.CC1CCCCN1C.CC1CCCN(C)C1.CC1CCCN1C.CC1Cc2ccccc2CN1C.CCc1cccn1C.Cc1ccn(C)c1. The molecule has 7 aliphatic rings. The lowest BCUT2D eigenvalue weighted by molar-refractivity contribution is 0.200. The number of rotatable bonds is 1. The van der Waals surface area contributed by atoms with Gasteiger partial charge < -0.3 is 28.7 Å². The molecular formula is C65H124N8S. The van der Waals surface area contributed by atoms with Gasteiger partial charge in [0.1, 0.15) is 0 Å². The lowest BCUT2D eigenvalue weighted by Crippen LogP contribution is -2.34. The van der Waals surface area contributed by atoms with E-state index in [1.165, 1.54) is 163 Å². The number of likely N-dealkylation sites (tertiary alicyclic amines) is 4. The molecule has 1 aromatic carbocycles. The molecule has 7 unspecified atom stereocenters. The van der Waals surface area contributed by atoms with Gasteiger partial charge in [0.25, 0.3) is 0 Å². The van der Waals surface area contributed by atoms with Crippen LogP contribution < -0.4 is 0 Å². The highest BCUT2D eigenvalue weighted by Crippen LogP contribution is 2.24. The fourth-order valence-electron chi connectivity index (χ4n) is 10.4. The van der Waals surface area contributed by atoms with Crippen LogP contribution in [0.5, 0.6) is 0 Å². The molecule has 0 radical (unpaired) electrons. The quantitative estimate of drug-likeness (QED) is 0.226. The van der Waals surface area contributed by atoms with Gasteiger partial charge in [-0.3, -0.25) is 9.80 Å². The summed E-state index contributed by atoms with van der Waals surface area (Å²) in [7, 11) is 17.7. The average Bonchev–Trinajstić information content (AvgIpc) is 4.24. The first-order chi connectivity index (χ1) is 35.2. The van der Waals surface area contributed by atoms with E-state index in [0.29, 0.717) is 16.5 Å². The summed E-state index contributed by atoms with van der Waals surface area (Å²) in [6, 6.07) is 19.0. The van der Waals surface area contributed by atoms with Gasteiger partial charge in [-0.15, -0.1) is 0 Å². The summed E-state index contributed by atoms with van der Waals surface area (Å²) in [6.07, 6.45) is 28.6. The van der Waals surface area contributed by atoms with Crippen molar-refractivity contribution in [1.82, 2.24) is 38.5 Å². The smallest absolute Gasteiger partial charge is 0.0390 e. The molecule has 8 nitrogen and oxygen atoms in total. The number of aryl methyl sites for hydroxylation is 4. The van der Waals surface area contributed by atoms with Crippen molar-refractivity contribution in [2.24, 2.45) is 25.9 Å². The standard InChI is InChI=1S/C11H15N.3C7H15N.C7H11N.C6H13NS.C6H9N.C6H13N.C6H12.C2H6/c1-9-7-10-5-3-4-6-11(10)8-12(9)2;1-7-4-3-5-8(2)6-7;2*1-7-5-3-4-6-8(7)2;1-3-7-5-4-6-8(7)2;1-6-4-8(3)5-7(6)2;1-6-3-4-7(2)5-6;1-6-4-3-5-7(6)2;1-6-4-2-3-5-6;1-2/h3-6,9H,7-8H2,1-2H3;3*7H,3-6H2,1-2H3;4-6H,3H2,1-2H3;6H,3-5H2,1-2H3;3-5H,1-2H3;6H,3-5H2,1-2H3;6H,2-5H2,1H3;1-2H3. The predicted octanol–water partition coefficient (Wildman–Crippen LogP) is 14.6. The molecule has 74 heavy (non-hydrogen) atoms. The molecule has 10 rings (SSSR count). The van der Waals surface area contributed by atoms with Crippen molar-refractivity contribution in [3.05, 3.63) is 83.4 Å². The molecule has 3 aromatic rings. The molecule has 6 aliphatic heterocycles. The summed E-state index contributed by atoms with van der Waals surface area (Å²) < 4.78 is 4.18. The first-order valence-electron chi connectivity index (χ1n) is 30.1. The van der Waals surface area contributed by atoms with Gasteiger partial charge in [0.05, 0.1) is 0 Å². The van der Waals surface area contributed by atoms with Crippen LogP contribution in [0.15, 0.2) is 61.1 Å². The van der Waals surface area contributed by atoms with Crippen molar-refractivity contribution in [2.45, 2.75) is 216 Å². The molecule has 1 saturated carbocycles. The molecule has 0 spiro atoms. The number of nitrogens with zero attached hydrogens (tertiary/aromatic N) is 8. The Morgan fingerprint density at radius 1 is 0.514 bits per heavy atom. The highest BCUT2D eigenvalue weighted by molar-refractivity contribution is 8.14. The van der Waals surface area contributed by atoms with E-state index >= 15 is 0 Å². The fraction of sp³-hybridized carbons (Fsp3) is 0.769. The number of hydrogen-bond acceptors (Lipinski definition) is 6. The Kier molecular flexibility index (Phi) is 38.6. The van der Waals surface area contributed by atoms with Gasteiger partial charge in [-0.1, -0.05) is 103 Å². The fourth-order valence-corrected chi connectivity index (χ4v) is 12.2. The van der Waals surface area contributed by atoms with Gasteiger partial charge >= 0.3 is 0 Å². The summed E-state index contributed by atoms with van der Waals surface area (Å²) >= 11 is 0. The van der Waals surface area contributed by atoms with Crippen LogP contribution in [-0.4, -0.2) is 161 Å². The van der Waals surface area contributed by atoms with Crippen molar-refractivity contribution in [3.8, 4) is 0 Å². The van der Waals surface area contributed by atoms with Gasteiger partial charge in [0.2, 0.25) is 0 Å². The Bertz CT molecular complexity index is 1690. The van der Waals surface area contributed by atoms with Crippen molar-refractivity contribution in [1.29, 1.82) is 0 Å². The Morgan fingerprint density at radius 3 is 1.30 bits per heavy atom. The molecule has 8 heterocycles. The van der Waals surface area contributed by atoms with E-state index in [2.05, 4.69) is 206 Å². The van der Waals surface area contributed by atoms with E-state index in [-0.39, 0.29) is 0 Å². The number of fused-ring (bicyclic) bond motifs is 1. The predicted molar refractivity (Wildman–Crippen MR) is 336 cm³/mol. The molecule has 5 saturated heterocycles. The topological polar surface area (TPSA) is 29.3 Å². The van der Waals surface area contributed by atoms with Crippen LogP contribution in [0.4, 0.5) is 0 Å². The van der Waals surface area contributed by atoms with Crippen LogP contribution in [0, 0.1) is 18.8 Å². The third-order valence-electron chi connectivity index (χ3n) is 16.5. The van der Waals surface area contributed by atoms with Gasteiger partial charge in [0, 0.05) is 93.3 Å². The molecule has 6 fully saturated rings. The molecule has 1 aliphatic carbocycles. The molecule has 9 heteroatoms. The maximum absolute atomic E-state index is 4.02. The second kappa shape index (κ2) is 40.9. The number of piperidine rings is 3. The number of aromatic nitrogens is 2. The van der Waals surface area contributed by atoms with Gasteiger partial charge in [0.15, 0.2) is 0 Å². The van der Waals surface area contributed by atoms with Crippen LogP contribution in [0.3, 0.4) is 0 Å². The highest BCUT2D eigenvalue weighted by atomic mass is 32.2. The maximum atomic E-state index is 4.02. The molecule has 2 aromatic heterocycles. The Balaban J connectivity index is 0.000000417. The van der Waals surface area contributed by atoms with Gasteiger partial charge in [-0.25, -0.2) is 0 Å². The zero-order valence-electron chi connectivity index (χ0n) is 52.5. The number of likely N-dealkylation sites (N-methyl/N-ethyl adjacent to an activating group) is 1. The Hall–Kier alpha value is -2.24. The summed E-state index contributed by atoms with van der Waals surface area (Å²) in [5.41, 5.74) is 5.74. The highest BCUT2D eigenvalue weighted by Gasteiger charge is 2.19. The first kappa shape index (κ1) is 69.8. The summed E-state index contributed by atoms with van der Waals surface area (Å²) in [4.78, 5) is 14.5. The van der Waals surface area contributed by atoms with E-state index in [1.807, 2.05) is 31.7 Å². The third-order valence-corrected chi connectivity index (χ3v) is 18.2. The zero-order valence-corrected chi connectivity index (χ0v) is 53.3. The van der Waals surface area contributed by atoms with Crippen molar-refractivity contribution in [3.63, 3.8) is 0 Å². The lowest BCUT2D eigenvalue weighted by Gasteiger charge is -2.31. The molecule has 0 bridgehead atoms. The van der Waals surface area contributed by atoms with E-state index < -0.39 is 0 Å². The average molecular weight is 1050 g/mol. The minimum atomic E-state index is 0.443. The van der Waals surface area contributed by atoms with E-state index in [1.54, 1.807) is 0 Å². The van der Waals surface area contributed by atoms with E-state index in [4.69, 9.17) is 0 Å². The zero-order chi connectivity index (χ0) is 55.6. The molecule has 430 valence electrons.